The lowest BCUT2D eigenvalue weighted by molar-refractivity contribution is 0.240. The van der Waals surface area contributed by atoms with E-state index >= 15 is 0 Å². The van der Waals surface area contributed by atoms with Gasteiger partial charge in [0.05, 0.1) is 0 Å². The molecule has 0 fully saturated rings. The van der Waals surface area contributed by atoms with Crippen LogP contribution in [-0.4, -0.2) is 5.11 Å². The smallest absolute Gasteiger partial charge is 0.392 e. The zero-order valence-corrected chi connectivity index (χ0v) is 6.41. The number of aliphatic hydroxyl groups excluding tert-OH is 1. The van der Waals surface area contributed by atoms with Crippen molar-refractivity contribution in [3.05, 3.63) is 20.1 Å². The molecule has 9 heavy (non-hydrogen) atoms. The molecule has 1 heterocycles. The Morgan fingerprint density at radius 1 is 1.56 bits per heavy atom. The van der Waals surface area contributed by atoms with Crippen molar-refractivity contribution in [3.63, 3.8) is 0 Å². The first kappa shape index (κ1) is 6.81. The van der Waals surface area contributed by atoms with Crippen LogP contribution in [0.4, 0.5) is 0 Å². The van der Waals surface area contributed by atoms with Crippen LogP contribution in [0.15, 0.2) is 13.6 Å². The van der Waals surface area contributed by atoms with E-state index in [1.807, 2.05) is 0 Å². The van der Waals surface area contributed by atoms with Crippen molar-refractivity contribution in [3.8, 4) is 0 Å². The van der Waals surface area contributed by atoms with Crippen LogP contribution in [0.2, 0.25) is 0 Å². The average molecular weight is 242 g/mol. The molecule has 1 rings (SSSR count). The van der Waals surface area contributed by atoms with Gasteiger partial charge in [-0.2, -0.15) is 0 Å². The van der Waals surface area contributed by atoms with Crippen LogP contribution in [-0.2, 0) is 6.61 Å². The van der Waals surface area contributed by atoms with Crippen LogP contribution >= 0.6 is 22.6 Å². The molecule has 0 saturated carbocycles. The third kappa shape index (κ3) is 1.33. The van der Waals surface area contributed by atoms with Crippen LogP contribution in [0, 0.1) is 3.77 Å². The lowest BCUT2D eigenvalue weighted by atomic mass is 10.6. The van der Waals surface area contributed by atoms with Gasteiger partial charge in [-0.15, -0.1) is 0 Å². The maximum atomic E-state index is 10.2. The summed E-state index contributed by atoms with van der Waals surface area (Å²) in [5.41, 5.74) is 0. The van der Waals surface area contributed by atoms with E-state index in [-0.39, 0.29) is 12.4 Å². The van der Waals surface area contributed by atoms with Crippen molar-refractivity contribution < 1.29 is 13.9 Å². The van der Waals surface area contributed by atoms with Gasteiger partial charge in [-0.3, -0.25) is 0 Å². The molecule has 0 aromatic carbocycles. The van der Waals surface area contributed by atoms with Crippen LogP contribution in [0.5, 0.6) is 0 Å². The highest BCUT2D eigenvalue weighted by Gasteiger charge is 2.06. The first-order valence-electron chi connectivity index (χ1n) is 2.13. The first-order valence-corrected chi connectivity index (χ1v) is 3.21. The van der Waals surface area contributed by atoms with Crippen LogP contribution in [0.25, 0.3) is 0 Å². The monoisotopic (exact) mass is 242 g/mol. The van der Waals surface area contributed by atoms with E-state index in [0.717, 1.165) is 0 Å². The third-order valence-electron chi connectivity index (χ3n) is 0.742. The van der Waals surface area contributed by atoms with Gasteiger partial charge >= 0.3 is 5.82 Å². The van der Waals surface area contributed by atoms with E-state index in [2.05, 4.69) is 8.83 Å². The molecular formula is C4H3IO4. The van der Waals surface area contributed by atoms with Gasteiger partial charge in [-0.1, -0.05) is 0 Å². The molecule has 0 aliphatic carbocycles. The van der Waals surface area contributed by atoms with Crippen molar-refractivity contribution in [1.82, 2.24) is 0 Å². The Bertz CT molecular complexity index is 247. The lowest BCUT2D eigenvalue weighted by Gasteiger charge is -1.80. The molecule has 0 aliphatic rings. The van der Waals surface area contributed by atoms with E-state index in [4.69, 9.17) is 5.11 Å². The number of rotatable bonds is 1. The summed E-state index contributed by atoms with van der Waals surface area (Å²) >= 11 is 1.76. The topological polar surface area (TPSA) is 63.6 Å². The highest BCUT2D eigenvalue weighted by Crippen LogP contribution is 2.08. The van der Waals surface area contributed by atoms with Gasteiger partial charge < -0.3 is 13.9 Å². The number of aliphatic hydroxyl groups is 1. The van der Waals surface area contributed by atoms with Crippen LogP contribution in [0.1, 0.15) is 5.76 Å². The second-order valence-electron chi connectivity index (χ2n) is 1.31. The molecule has 1 aromatic rings. The second kappa shape index (κ2) is 2.53. The van der Waals surface area contributed by atoms with Gasteiger partial charge in [0.2, 0.25) is 3.77 Å². The van der Waals surface area contributed by atoms with E-state index in [1.165, 1.54) is 0 Å². The van der Waals surface area contributed by atoms with Crippen molar-refractivity contribution in [2.45, 2.75) is 6.61 Å². The van der Waals surface area contributed by atoms with Gasteiger partial charge in [0.1, 0.15) is 6.61 Å². The zero-order chi connectivity index (χ0) is 6.85. The van der Waals surface area contributed by atoms with E-state index in [9.17, 15) is 4.79 Å². The number of halogens is 1. The number of hydrogen-bond donors (Lipinski definition) is 1. The number of hydrogen-bond acceptors (Lipinski definition) is 4. The summed E-state index contributed by atoms with van der Waals surface area (Å²) < 4.78 is 9.10. The summed E-state index contributed by atoms with van der Waals surface area (Å²) in [5, 5.41) is 8.43. The Labute approximate surface area is 63.6 Å². The third-order valence-corrected chi connectivity index (χ3v) is 1.56. The summed E-state index contributed by atoms with van der Waals surface area (Å²) in [6.07, 6.45) is 0. The van der Waals surface area contributed by atoms with Crippen LogP contribution in [0.3, 0.4) is 0 Å². The molecular weight excluding hydrogens is 239 g/mol. The van der Waals surface area contributed by atoms with Gasteiger partial charge in [-0.25, -0.2) is 4.79 Å². The Morgan fingerprint density at radius 2 is 2.22 bits per heavy atom. The van der Waals surface area contributed by atoms with E-state index in [1.54, 1.807) is 22.6 Å². The Morgan fingerprint density at radius 3 is 2.44 bits per heavy atom. The van der Waals surface area contributed by atoms with Crippen molar-refractivity contribution in [2.24, 2.45) is 0 Å². The fourth-order valence-electron chi connectivity index (χ4n) is 0.386. The van der Waals surface area contributed by atoms with Crippen molar-refractivity contribution >= 4 is 22.6 Å². The van der Waals surface area contributed by atoms with Gasteiger partial charge in [-0.05, 0) is 0 Å². The standard InChI is InChI=1S/C4H3IO4/c5-3-2(1-6)8-4(7)9-3/h6H,1H2. The fraction of sp³-hybridized carbons (Fsp3) is 0.250. The lowest BCUT2D eigenvalue weighted by Crippen LogP contribution is -1.86. The first-order chi connectivity index (χ1) is 4.24. The Kier molecular flexibility index (Phi) is 1.91. The van der Waals surface area contributed by atoms with Crippen LogP contribution < -0.4 is 5.82 Å². The molecule has 0 bridgehead atoms. The normalized spacial score (nSPS) is 10.0. The maximum Gasteiger partial charge on any atom is 0.519 e. The molecule has 0 saturated heterocycles. The summed E-state index contributed by atoms with van der Waals surface area (Å²) in [7, 11) is 0. The predicted octanol–water partition coefficient (Wildman–Crippen LogP) is 0.330. The van der Waals surface area contributed by atoms with Crippen molar-refractivity contribution in [1.29, 1.82) is 0 Å². The largest absolute Gasteiger partial charge is 0.519 e. The Hall–Kier alpha value is -0.300. The highest BCUT2D eigenvalue weighted by molar-refractivity contribution is 14.1. The molecule has 0 unspecified atom stereocenters. The molecule has 4 nitrogen and oxygen atoms in total. The summed E-state index contributed by atoms with van der Waals surface area (Å²) in [6, 6.07) is 0. The summed E-state index contributed by atoms with van der Waals surface area (Å²) in [4.78, 5) is 10.2. The van der Waals surface area contributed by atoms with E-state index in [0.29, 0.717) is 3.77 Å². The zero-order valence-electron chi connectivity index (χ0n) is 4.26. The summed E-state index contributed by atoms with van der Waals surface area (Å²) in [5.74, 6) is -0.593. The molecule has 0 spiro atoms. The van der Waals surface area contributed by atoms with Gasteiger partial charge in [0.25, 0.3) is 0 Å². The van der Waals surface area contributed by atoms with E-state index < -0.39 is 5.82 Å². The molecule has 0 radical (unpaired) electrons. The SMILES string of the molecule is O=c1oc(I)c(CO)o1. The molecule has 0 amide bonds. The second-order valence-corrected chi connectivity index (χ2v) is 2.29. The molecule has 50 valence electrons. The summed E-state index contributed by atoms with van der Waals surface area (Å²) in [6.45, 7) is -0.302. The molecule has 0 atom stereocenters. The quantitative estimate of drug-likeness (QED) is 0.720. The minimum Gasteiger partial charge on any atom is -0.392 e. The molecule has 1 N–H and O–H groups in total. The minimum absolute atomic E-state index is 0.181. The van der Waals surface area contributed by atoms with Crippen molar-refractivity contribution in [2.75, 3.05) is 0 Å². The Balaban J connectivity index is 3.16. The fourth-order valence-corrected chi connectivity index (χ4v) is 0.847. The highest BCUT2D eigenvalue weighted by atomic mass is 127. The molecule has 5 heteroatoms. The molecule has 0 aliphatic heterocycles. The average Bonchev–Trinajstić information content (AvgIpc) is 2.10. The molecule has 1 aromatic heterocycles. The maximum absolute atomic E-state index is 10.2. The predicted molar refractivity (Wildman–Crippen MR) is 35.9 cm³/mol. The van der Waals surface area contributed by atoms with Gasteiger partial charge in [0, 0.05) is 22.6 Å². The minimum atomic E-state index is -0.775. The van der Waals surface area contributed by atoms with Gasteiger partial charge in [0.15, 0.2) is 5.76 Å².